The quantitative estimate of drug-likeness (QED) is 0.0615. The number of carbonyl (C=O) groups is 2. The summed E-state index contributed by atoms with van der Waals surface area (Å²) < 4.78 is 20.7. The van der Waals surface area contributed by atoms with Crippen LogP contribution in [0.1, 0.15) is 79.1 Å². The van der Waals surface area contributed by atoms with E-state index < -0.39 is 0 Å². The third-order valence-electron chi connectivity index (χ3n) is 8.03. The molecule has 0 radical (unpaired) electrons. The van der Waals surface area contributed by atoms with Gasteiger partial charge in [0.15, 0.2) is 0 Å². The van der Waals surface area contributed by atoms with Gasteiger partial charge in [0, 0.05) is 12.2 Å². The summed E-state index contributed by atoms with van der Waals surface area (Å²) in [5.74, 6) is 0.617. The van der Waals surface area contributed by atoms with Crippen molar-refractivity contribution >= 4 is 11.9 Å². The topological polar surface area (TPSA) is 108 Å². The zero-order valence-corrected chi connectivity index (χ0v) is 25.5. The molecule has 0 amide bonds. The van der Waals surface area contributed by atoms with Gasteiger partial charge in [0.1, 0.15) is 26.4 Å². The number of allylic oxidation sites excluding steroid dienone is 2. The van der Waals surface area contributed by atoms with Gasteiger partial charge in [-0.25, -0.2) is 29.1 Å². The van der Waals surface area contributed by atoms with Gasteiger partial charge in [-0.05, 0) is 82.5 Å². The maximum Gasteiger partial charge on any atom is 0.330 e. The first-order chi connectivity index (χ1) is 19.9. The first-order valence-corrected chi connectivity index (χ1v) is 15.2. The molecule has 0 aliphatic heterocycles. The van der Waals surface area contributed by atoms with Crippen LogP contribution in [-0.4, -0.2) is 77.0 Å². The lowest BCUT2D eigenvalue weighted by atomic mass is 9.60. The Morgan fingerprint density at radius 1 is 0.585 bits per heavy atom. The Balaban J connectivity index is 1.48. The molecule has 0 bridgehead atoms. The van der Waals surface area contributed by atoms with Gasteiger partial charge in [-0.2, -0.15) is 0 Å². The van der Waals surface area contributed by atoms with Gasteiger partial charge in [-0.15, -0.1) is 0 Å². The van der Waals surface area contributed by atoms with Crippen molar-refractivity contribution in [2.45, 2.75) is 91.3 Å². The first-order valence-electron chi connectivity index (χ1n) is 15.2. The minimum Gasteiger partial charge on any atom is -0.460 e. The minimum absolute atomic E-state index is 0.127. The summed E-state index contributed by atoms with van der Waals surface area (Å²) >= 11 is 0. The third kappa shape index (κ3) is 14.8. The highest BCUT2D eigenvalue weighted by atomic mass is 17.2. The molecule has 41 heavy (non-hydrogen) atoms. The standard InChI is InChI=1S/C31H52O10/c1-5-7-29(32)36-21-17-34-19-23-38-40-27-13-9-25(10-14-27)31(3,4)26-11-15-28(16-12-26)41-39-24-20-35-18-22-37-30(33)8-6-2/h5-8,25-28H,9-24H2,1-4H3. The maximum atomic E-state index is 11.2. The van der Waals surface area contributed by atoms with Crippen molar-refractivity contribution in [3.05, 3.63) is 24.3 Å². The molecule has 0 aromatic rings. The van der Waals surface area contributed by atoms with Crippen LogP contribution in [0.3, 0.4) is 0 Å². The lowest BCUT2D eigenvalue weighted by Crippen LogP contribution is -2.39. The van der Waals surface area contributed by atoms with Crippen LogP contribution in [-0.2, 0) is 48.1 Å². The predicted octanol–water partition coefficient (Wildman–Crippen LogP) is 5.30. The second-order valence-corrected chi connectivity index (χ2v) is 11.2. The fourth-order valence-corrected chi connectivity index (χ4v) is 5.59. The molecule has 2 aliphatic carbocycles. The number of hydrogen-bond acceptors (Lipinski definition) is 10. The smallest absolute Gasteiger partial charge is 0.330 e. The molecular weight excluding hydrogens is 532 g/mol. The normalized spacial score (nSPS) is 23.7. The van der Waals surface area contributed by atoms with E-state index in [0.717, 1.165) is 51.4 Å². The van der Waals surface area contributed by atoms with Crippen LogP contribution in [0.2, 0.25) is 0 Å². The Kier molecular flexibility index (Phi) is 18.1. The van der Waals surface area contributed by atoms with E-state index >= 15 is 0 Å². The average molecular weight is 585 g/mol. The molecule has 0 aromatic heterocycles. The molecule has 10 heteroatoms. The van der Waals surface area contributed by atoms with Crippen LogP contribution in [0.5, 0.6) is 0 Å². The second kappa shape index (κ2) is 21.0. The van der Waals surface area contributed by atoms with Gasteiger partial charge >= 0.3 is 11.9 Å². The maximum absolute atomic E-state index is 11.2. The third-order valence-corrected chi connectivity index (χ3v) is 8.03. The Labute approximate surface area is 245 Å². The Bertz CT molecular complexity index is 703. The molecule has 236 valence electrons. The van der Waals surface area contributed by atoms with Gasteiger partial charge in [0.25, 0.3) is 0 Å². The van der Waals surface area contributed by atoms with Crippen molar-refractivity contribution in [1.29, 1.82) is 0 Å². The fourth-order valence-electron chi connectivity index (χ4n) is 5.59. The molecule has 0 heterocycles. The van der Waals surface area contributed by atoms with E-state index in [-0.39, 0.29) is 42.8 Å². The molecule has 0 atom stereocenters. The highest BCUT2D eigenvalue weighted by molar-refractivity contribution is 5.82. The van der Waals surface area contributed by atoms with Crippen molar-refractivity contribution in [3.8, 4) is 0 Å². The Morgan fingerprint density at radius 2 is 0.951 bits per heavy atom. The van der Waals surface area contributed by atoms with Crippen molar-refractivity contribution in [2.24, 2.45) is 17.3 Å². The number of ether oxygens (including phenoxy) is 4. The predicted molar refractivity (Wildman–Crippen MR) is 153 cm³/mol. The molecule has 2 rings (SSSR count). The first kappa shape index (κ1) is 35.4. The molecule has 0 spiro atoms. The molecule has 2 fully saturated rings. The molecule has 2 saturated carbocycles. The van der Waals surface area contributed by atoms with Crippen LogP contribution >= 0.6 is 0 Å². The number of esters is 2. The van der Waals surface area contributed by atoms with Crippen molar-refractivity contribution in [3.63, 3.8) is 0 Å². The zero-order chi connectivity index (χ0) is 29.8. The highest BCUT2D eigenvalue weighted by Gasteiger charge is 2.41. The van der Waals surface area contributed by atoms with E-state index in [1.807, 2.05) is 0 Å². The SMILES string of the molecule is CC=CC(=O)OCCOCCOOC1CCC(C(C)(C)C2CCC(OOCCOCCOC(=O)C=CC)CC2)CC1. The van der Waals surface area contributed by atoms with Crippen LogP contribution in [0.4, 0.5) is 0 Å². The summed E-state index contributed by atoms with van der Waals surface area (Å²) in [7, 11) is 0. The Hall–Kier alpha value is -1.82. The van der Waals surface area contributed by atoms with Gasteiger partial charge in [0.2, 0.25) is 0 Å². The van der Waals surface area contributed by atoms with E-state index in [4.69, 9.17) is 38.5 Å². The largest absolute Gasteiger partial charge is 0.460 e. The van der Waals surface area contributed by atoms with Gasteiger partial charge in [0.05, 0.1) is 38.6 Å². The molecular formula is C31H52O10. The summed E-state index contributed by atoms with van der Waals surface area (Å²) in [5.41, 5.74) is 0.270. The zero-order valence-electron chi connectivity index (χ0n) is 25.5. The van der Waals surface area contributed by atoms with Gasteiger partial charge in [-0.1, -0.05) is 26.0 Å². The van der Waals surface area contributed by atoms with E-state index in [1.54, 1.807) is 26.0 Å². The van der Waals surface area contributed by atoms with Crippen LogP contribution < -0.4 is 0 Å². The number of hydrogen-bond donors (Lipinski definition) is 0. The van der Waals surface area contributed by atoms with E-state index in [0.29, 0.717) is 51.5 Å². The molecule has 0 unspecified atom stereocenters. The van der Waals surface area contributed by atoms with Crippen LogP contribution in [0.15, 0.2) is 24.3 Å². The van der Waals surface area contributed by atoms with E-state index in [9.17, 15) is 9.59 Å². The van der Waals surface area contributed by atoms with E-state index in [1.165, 1.54) is 12.2 Å². The fraction of sp³-hybridized carbons (Fsp3) is 0.806. The van der Waals surface area contributed by atoms with Gasteiger partial charge < -0.3 is 18.9 Å². The summed E-state index contributed by atoms with van der Waals surface area (Å²) in [6.07, 6.45) is 14.9. The molecule has 0 aromatic carbocycles. The summed E-state index contributed by atoms with van der Waals surface area (Å²) in [5, 5.41) is 0. The van der Waals surface area contributed by atoms with E-state index in [2.05, 4.69) is 13.8 Å². The van der Waals surface area contributed by atoms with Crippen molar-refractivity contribution in [2.75, 3.05) is 52.9 Å². The highest BCUT2D eigenvalue weighted by Crippen LogP contribution is 2.48. The van der Waals surface area contributed by atoms with Crippen LogP contribution in [0, 0.1) is 17.3 Å². The second-order valence-electron chi connectivity index (χ2n) is 11.2. The lowest BCUT2D eigenvalue weighted by molar-refractivity contribution is -0.335. The molecule has 10 nitrogen and oxygen atoms in total. The average Bonchev–Trinajstić information content (AvgIpc) is 2.96. The van der Waals surface area contributed by atoms with Crippen molar-refractivity contribution in [1.82, 2.24) is 0 Å². The minimum atomic E-state index is -0.362. The molecule has 0 saturated heterocycles. The van der Waals surface area contributed by atoms with Crippen molar-refractivity contribution < 1.29 is 48.1 Å². The molecule has 2 aliphatic rings. The summed E-state index contributed by atoms with van der Waals surface area (Å²) in [4.78, 5) is 44.4. The van der Waals surface area contributed by atoms with Gasteiger partial charge in [-0.3, -0.25) is 0 Å². The summed E-state index contributed by atoms with van der Waals surface area (Å²) in [6, 6.07) is 0. The monoisotopic (exact) mass is 584 g/mol. The number of rotatable bonds is 20. The van der Waals surface area contributed by atoms with Crippen LogP contribution in [0.25, 0.3) is 0 Å². The molecule has 0 N–H and O–H groups in total. The number of carbonyl (C=O) groups excluding carboxylic acids is 2. The summed E-state index contributed by atoms with van der Waals surface area (Å²) in [6.45, 7) is 11.0. The Morgan fingerprint density at radius 3 is 1.32 bits per heavy atom. The lowest BCUT2D eigenvalue weighted by Gasteiger charge is -2.46.